The lowest BCUT2D eigenvalue weighted by molar-refractivity contribution is -0.386. The fourth-order valence-corrected chi connectivity index (χ4v) is 1.94. The molecule has 0 aliphatic carbocycles. The van der Waals surface area contributed by atoms with E-state index >= 15 is 0 Å². The van der Waals surface area contributed by atoms with Crippen LogP contribution >= 0.6 is 0 Å². The van der Waals surface area contributed by atoms with Gasteiger partial charge in [0.05, 0.1) is 22.0 Å². The zero-order valence-corrected chi connectivity index (χ0v) is 12.5. The van der Waals surface area contributed by atoms with Crippen LogP contribution in [0.25, 0.3) is 0 Å². The molecular weight excluding hydrogens is 304 g/mol. The summed E-state index contributed by atoms with van der Waals surface area (Å²) in [4.78, 5) is 20.8. The van der Waals surface area contributed by atoms with Gasteiger partial charge in [0.2, 0.25) is 5.75 Å². The van der Waals surface area contributed by atoms with E-state index < -0.39 is 9.85 Å². The molecule has 0 saturated heterocycles. The number of benzene rings is 2. The minimum Gasteiger partial charge on any atom is -0.450 e. The van der Waals surface area contributed by atoms with Gasteiger partial charge in [-0.05, 0) is 30.7 Å². The van der Waals surface area contributed by atoms with Gasteiger partial charge in [-0.1, -0.05) is 6.07 Å². The summed E-state index contributed by atoms with van der Waals surface area (Å²) in [5.74, 6) is 0.140. The van der Waals surface area contributed by atoms with Crippen LogP contribution in [-0.4, -0.2) is 17.0 Å². The molecule has 1 atom stereocenters. The standard InChI is InChI=1S/C15H14N2O6/c1-10(22-2)11-6-7-14(17(20)21)15(8-11)23-13-5-3-4-12(9-13)16(18)19/h3-10H,1-2H3. The van der Waals surface area contributed by atoms with Gasteiger partial charge in [0.1, 0.15) is 5.75 Å². The molecule has 0 radical (unpaired) electrons. The molecule has 8 nitrogen and oxygen atoms in total. The van der Waals surface area contributed by atoms with E-state index in [9.17, 15) is 20.2 Å². The third-order valence-corrected chi connectivity index (χ3v) is 3.26. The first kappa shape index (κ1) is 16.4. The Kier molecular flexibility index (Phi) is 4.87. The van der Waals surface area contributed by atoms with E-state index in [0.29, 0.717) is 5.56 Å². The molecule has 0 fully saturated rings. The largest absolute Gasteiger partial charge is 0.450 e. The molecule has 2 aromatic carbocycles. The van der Waals surface area contributed by atoms with Gasteiger partial charge in [-0.15, -0.1) is 0 Å². The van der Waals surface area contributed by atoms with Gasteiger partial charge >= 0.3 is 5.69 Å². The lowest BCUT2D eigenvalue weighted by atomic mass is 10.1. The van der Waals surface area contributed by atoms with Crippen LogP contribution in [0.4, 0.5) is 11.4 Å². The molecule has 0 spiro atoms. The first-order valence-corrected chi connectivity index (χ1v) is 6.66. The van der Waals surface area contributed by atoms with Crippen molar-refractivity contribution >= 4 is 11.4 Å². The lowest BCUT2D eigenvalue weighted by Crippen LogP contribution is -1.99. The van der Waals surface area contributed by atoms with Crippen LogP contribution in [0, 0.1) is 20.2 Å². The monoisotopic (exact) mass is 318 g/mol. The number of hydrogen-bond acceptors (Lipinski definition) is 6. The first-order chi connectivity index (χ1) is 10.9. The predicted molar refractivity (Wildman–Crippen MR) is 81.7 cm³/mol. The van der Waals surface area contributed by atoms with Crippen LogP contribution in [0.5, 0.6) is 11.5 Å². The van der Waals surface area contributed by atoms with Gasteiger partial charge in [-0.2, -0.15) is 0 Å². The maximum absolute atomic E-state index is 11.1. The zero-order chi connectivity index (χ0) is 17.0. The highest BCUT2D eigenvalue weighted by atomic mass is 16.6. The number of rotatable bonds is 6. The summed E-state index contributed by atoms with van der Waals surface area (Å²) < 4.78 is 10.7. The molecule has 0 amide bonds. The normalized spacial score (nSPS) is 11.7. The van der Waals surface area contributed by atoms with Crippen molar-refractivity contribution in [2.45, 2.75) is 13.0 Å². The van der Waals surface area contributed by atoms with E-state index in [1.165, 1.54) is 43.5 Å². The third kappa shape index (κ3) is 3.80. The minimum absolute atomic E-state index is 0.00287. The maximum atomic E-state index is 11.1. The molecule has 0 aliphatic rings. The summed E-state index contributed by atoms with van der Waals surface area (Å²) in [7, 11) is 1.52. The van der Waals surface area contributed by atoms with Gasteiger partial charge in [0.25, 0.3) is 5.69 Å². The van der Waals surface area contributed by atoms with Crippen LogP contribution in [-0.2, 0) is 4.74 Å². The number of nitro groups is 2. The summed E-state index contributed by atoms with van der Waals surface area (Å²) in [5, 5.41) is 21.9. The van der Waals surface area contributed by atoms with Crippen molar-refractivity contribution in [2.24, 2.45) is 0 Å². The molecule has 23 heavy (non-hydrogen) atoms. The summed E-state index contributed by atoms with van der Waals surface area (Å²) in [5.41, 5.74) is 0.300. The van der Waals surface area contributed by atoms with Gasteiger partial charge in [-0.25, -0.2) is 0 Å². The molecular formula is C15H14N2O6. The van der Waals surface area contributed by atoms with Crippen molar-refractivity contribution in [3.63, 3.8) is 0 Å². The molecule has 0 aliphatic heterocycles. The van der Waals surface area contributed by atoms with Crippen molar-refractivity contribution in [3.8, 4) is 11.5 Å². The molecule has 2 rings (SSSR count). The Labute approximate surface area is 131 Å². The molecule has 120 valence electrons. The van der Waals surface area contributed by atoms with E-state index in [-0.39, 0.29) is 29.0 Å². The van der Waals surface area contributed by atoms with Crippen LogP contribution in [0.3, 0.4) is 0 Å². The SMILES string of the molecule is COC(C)c1ccc([N+](=O)[O-])c(Oc2cccc([N+](=O)[O-])c2)c1. The molecule has 0 saturated carbocycles. The molecule has 2 aromatic rings. The molecule has 0 bridgehead atoms. The van der Waals surface area contributed by atoms with Gasteiger partial charge in [0, 0.05) is 19.2 Å². The Balaban J connectivity index is 2.42. The number of methoxy groups -OCH3 is 1. The van der Waals surface area contributed by atoms with E-state index in [1.807, 2.05) is 0 Å². The topological polar surface area (TPSA) is 105 Å². The number of ether oxygens (including phenoxy) is 2. The van der Waals surface area contributed by atoms with E-state index in [2.05, 4.69) is 0 Å². The van der Waals surface area contributed by atoms with Crippen molar-refractivity contribution < 1.29 is 19.3 Å². The second kappa shape index (κ2) is 6.84. The summed E-state index contributed by atoms with van der Waals surface area (Å²) in [6.45, 7) is 1.79. The second-order valence-corrected chi connectivity index (χ2v) is 4.72. The molecule has 0 N–H and O–H groups in total. The molecule has 0 aromatic heterocycles. The van der Waals surface area contributed by atoms with Crippen LogP contribution < -0.4 is 4.74 Å². The number of nitro benzene ring substituents is 2. The minimum atomic E-state index is -0.575. The predicted octanol–water partition coefficient (Wildman–Crippen LogP) is 4.00. The smallest absolute Gasteiger partial charge is 0.311 e. The Morgan fingerprint density at radius 1 is 1.04 bits per heavy atom. The van der Waals surface area contributed by atoms with E-state index in [0.717, 1.165) is 0 Å². The van der Waals surface area contributed by atoms with Crippen LogP contribution in [0.1, 0.15) is 18.6 Å². The Hall–Kier alpha value is -3.00. The molecule has 0 heterocycles. The van der Waals surface area contributed by atoms with Crippen molar-refractivity contribution in [2.75, 3.05) is 7.11 Å². The van der Waals surface area contributed by atoms with E-state index in [4.69, 9.17) is 9.47 Å². The second-order valence-electron chi connectivity index (χ2n) is 4.72. The van der Waals surface area contributed by atoms with E-state index in [1.54, 1.807) is 13.0 Å². The summed E-state index contributed by atoms with van der Waals surface area (Å²) >= 11 is 0. The van der Waals surface area contributed by atoms with Crippen LogP contribution in [0.2, 0.25) is 0 Å². The Bertz CT molecular complexity index is 746. The Morgan fingerprint density at radius 2 is 1.78 bits per heavy atom. The van der Waals surface area contributed by atoms with Crippen molar-refractivity contribution in [3.05, 3.63) is 68.3 Å². The highest BCUT2D eigenvalue weighted by Crippen LogP contribution is 2.35. The summed E-state index contributed by atoms with van der Waals surface area (Å²) in [6.07, 6.45) is -0.275. The van der Waals surface area contributed by atoms with Crippen molar-refractivity contribution in [1.82, 2.24) is 0 Å². The van der Waals surface area contributed by atoms with Crippen LogP contribution in [0.15, 0.2) is 42.5 Å². The number of non-ortho nitro benzene ring substituents is 1. The first-order valence-electron chi connectivity index (χ1n) is 6.66. The van der Waals surface area contributed by atoms with Gasteiger partial charge in [-0.3, -0.25) is 20.2 Å². The fraction of sp³-hybridized carbons (Fsp3) is 0.200. The fourth-order valence-electron chi connectivity index (χ4n) is 1.94. The van der Waals surface area contributed by atoms with Crippen molar-refractivity contribution in [1.29, 1.82) is 0 Å². The average molecular weight is 318 g/mol. The maximum Gasteiger partial charge on any atom is 0.311 e. The average Bonchev–Trinajstić information content (AvgIpc) is 2.54. The highest BCUT2D eigenvalue weighted by Gasteiger charge is 2.19. The molecule has 1 unspecified atom stereocenters. The summed E-state index contributed by atoms with van der Waals surface area (Å²) in [6, 6.07) is 9.83. The number of hydrogen-bond donors (Lipinski definition) is 0. The third-order valence-electron chi connectivity index (χ3n) is 3.26. The quantitative estimate of drug-likeness (QED) is 0.588. The van der Waals surface area contributed by atoms with Gasteiger partial charge < -0.3 is 9.47 Å². The molecule has 8 heteroatoms. The Morgan fingerprint density at radius 3 is 2.39 bits per heavy atom. The zero-order valence-electron chi connectivity index (χ0n) is 12.5. The lowest BCUT2D eigenvalue weighted by Gasteiger charge is -2.12. The van der Waals surface area contributed by atoms with Gasteiger partial charge in [0.15, 0.2) is 0 Å². The number of nitrogens with zero attached hydrogens (tertiary/aromatic N) is 2. The highest BCUT2D eigenvalue weighted by molar-refractivity contribution is 5.51.